The second-order valence-electron chi connectivity index (χ2n) is 6.76. The van der Waals surface area contributed by atoms with E-state index in [1.54, 1.807) is 0 Å². The van der Waals surface area contributed by atoms with Crippen molar-refractivity contribution in [2.24, 2.45) is 17.8 Å². The van der Waals surface area contributed by atoms with Crippen LogP contribution in [0.15, 0.2) is 30.3 Å². The van der Waals surface area contributed by atoms with Crippen LogP contribution in [0, 0.1) is 17.8 Å². The van der Waals surface area contributed by atoms with Crippen LogP contribution in [0.5, 0.6) is 0 Å². The van der Waals surface area contributed by atoms with E-state index in [-0.39, 0.29) is 0 Å². The molecule has 21 heavy (non-hydrogen) atoms. The standard InChI is InChI=1S/C18H26N2S/c1-13(17-12-15-7-8-16(17)11-15)20-18(21)19-10-9-14-5-3-2-4-6-14/h2-6,13,15-17H,7-12H2,1H3,(H2,19,20,21)/t13-,15-,16-,17-/m1/s1. The van der Waals surface area contributed by atoms with Gasteiger partial charge in [0.05, 0.1) is 0 Å². The maximum atomic E-state index is 5.44. The van der Waals surface area contributed by atoms with Crippen molar-refractivity contribution in [1.29, 1.82) is 0 Å². The predicted octanol–water partition coefficient (Wildman–Crippen LogP) is 3.52. The Bertz CT molecular complexity index is 473. The van der Waals surface area contributed by atoms with E-state index in [0.29, 0.717) is 6.04 Å². The highest BCUT2D eigenvalue weighted by Gasteiger charge is 2.41. The molecule has 0 aromatic heterocycles. The van der Waals surface area contributed by atoms with E-state index < -0.39 is 0 Å². The quantitative estimate of drug-likeness (QED) is 0.814. The van der Waals surface area contributed by atoms with Crippen LogP contribution in [0.25, 0.3) is 0 Å². The fourth-order valence-corrected chi connectivity index (χ4v) is 4.52. The molecule has 3 rings (SSSR count). The average Bonchev–Trinajstić information content (AvgIpc) is 3.11. The van der Waals surface area contributed by atoms with Crippen molar-refractivity contribution >= 4 is 17.3 Å². The van der Waals surface area contributed by atoms with Crippen LogP contribution >= 0.6 is 12.2 Å². The van der Waals surface area contributed by atoms with Crippen molar-refractivity contribution < 1.29 is 0 Å². The van der Waals surface area contributed by atoms with Gasteiger partial charge in [0.25, 0.3) is 0 Å². The number of hydrogen-bond donors (Lipinski definition) is 2. The Kier molecular flexibility index (Phi) is 4.79. The molecule has 1 aromatic carbocycles. The van der Waals surface area contributed by atoms with Gasteiger partial charge in [-0.25, -0.2) is 0 Å². The number of nitrogens with one attached hydrogen (secondary N) is 2. The third-order valence-electron chi connectivity index (χ3n) is 5.34. The predicted molar refractivity (Wildman–Crippen MR) is 92.3 cm³/mol. The number of rotatable bonds is 5. The van der Waals surface area contributed by atoms with E-state index in [0.717, 1.165) is 35.8 Å². The SMILES string of the molecule is C[C@@H](NC(=S)NCCc1ccccc1)[C@H]1C[C@@H]2CC[C@@H]1C2. The molecule has 0 saturated heterocycles. The van der Waals surface area contributed by atoms with Gasteiger partial charge >= 0.3 is 0 Å². The Morgan fingerprint density at radius 2 is 2.05 bits per heavy atom. The zero-order valence-corrected chi connectivity index (χ0v) is 13.7. The minimum atomic E-state index is 0.511. The molecular weight excluding hydrogens is 276 g/mol. The molecule has 3 heteroatoms. The maximum absolute atomic E-state index is 5.44. The van der Waals surface area contributed by atoms with Gasteiger partial charge in [-0.3, -0.25) is 0 Å². The molecule has 2 aliphatic rings. The molecule has 1 aromatic rings. The molecule has 2 aliphatic carbocycles. The van der Waals surface area contributed by atoms with E-state index in [2.05, 4.69) is 47.9 Å². The molecule has 2 fully saturated rings. The van der Waals surface area contributed by atoms with Crippen molar-refractivity contribution in [2.75, 3.05) is 6.54 Å². The van der Waals surface area contributed by atoms with Crippen LogP contribution in [0.1, 0.15) is 38.2 Å². The molecule has 0 unspecified atom stereocenters. The number of hydrogen-bond acceptors (Lipinski definition) is 1. The lowest BCUT2D eigenvalue weighted by molar-refractivity contribution is 0.278. The summed E-state index contributed by atoms with van der Waals surface area (Å²) < 4.78 is 0. The summed E-state index contributed by atoms with van der Waals surface area (Å²) in [6.07, 6.45) is 6.80. The van der Waals surface area contributed by atoms with Gasteiger partial charge in [0.15, 0.2) is 5.11 Å². The van der Waals surface area contributed by atoms with Gasteiger partial charge in [-0.15, -0.1) is 0 Å². The zero-order chi connectivity index (χ0) is 14.7. The molecule has 2 bridgehead atoms. The summed E-state index contributed by atoms with van der Waals surface area (Å²) in [6.45, 7) is 3.20. The summed E-state index contributed by atoms with van der Waals surface area (Å²) in [5.41, 5.74) is 1.36. The van der Waals surface area contributed by atoms with Crippen LogP contribution in [-0.2, 0) is 6.42 Å². The molecule has 2 nitrogen and oxygen atoms in total. The largest absolute Gasteiger partial charge is 0.362 e. The van der Waals surface area contributed by atoms with Crippen molar-refractivity contribution in [3.05, 3.63) is 35.9 Å². The molecule has 114 valence electrons. The lowest BCUT2D eigenvalue weighted by Crippen LogP contribution is -2.45. The summed E-state index contributed by atoms with van der Waals surface area (Å²) >= 11 is 5.44. The van der Waals surface area contributed by atoms with E-state index in [1.807, 2.05) is 0 Å². The van der Waals surface area contributed by atoms with Gasteiger partial charge in [0, 0.05) is 12.6 Å². The topological polar surface area (TPSA) is 24.1 Å². The number of benzene rings is 1. The van der Waals surface area contributed by atoms with Gasteiger partial charge in [0.1, 0.15) is 0 Å². The van der Waals surface area contributed by atoms with Gasteiger partial charge < -0.3 is 10.6 Å². The maximum Gasteiger partial charge on any atom is 0.166 e. The first-order valence-electron chi connectivity index (χ1n) is 8.30. The first-order valence-corrected chi connectivity index (χ1v) is 8.71. The Balaban J connectivity index is 1.38. The van der Waals surface area contributed by atoms with Crippen LogP contribution in [0.4, 0.5) is 0 Å². The summed E-state index contributed by atoms with van der Waals surface area (Å²) in [5.74, 6) is 2.78. The van der Waals surface area contributed by atoms with Gasteiger partial charge in [-0.05, 0) is 68.1 Å². The molecule has 2 saturated carbocycles. The van der Waals surface area contributed by atoms with Crippen LogP contribution in [0.2, 0.25) is 0 Å². The Morgan fingerprint density at radius 3 is 2.71 bits per heavy atom. The Labute approximate surface area is 133 Å². The summed E-state index contributed by atoms with van der Waals surface area (Å²) in [4.78, 5) is 0. The van der Waals surface area contributed by atoms with Crippen molar-refractivity contribution in [1.82, 2.24) is 10.6 Å². The van der Waals surface area contributed by atoms with E-state index in [1.165, 1.54) is 31.2 Å². The molecule has 0 amide bonds. The highest BCUT2D eigenvalue weighted by Crippen LogP contribution is 2.49. The van der Waals surface area contributed by atoms with Crippen molar-refractivity contribution in [2.45, 2.75) is 45.1 Å². The molecule has 2 N–H and O–H groups in total. The number of thiocarbonyl (C=S) groups is 1. The lowest BCUT2D eigenvalue weighted by atomic mass is 9.84. The van der Waals surface area contributed by atoms with E-state index in [4.69, 9.17) is 12.2 Å². The second kappa shape index (κ2) is 6.78. The Morgan fingerprint density at radius 1 is 1.24 bits per heavy atom. The molecule has 0 aliphatic heterocycles. The molecule has 0 radical (unpaired) electrons. The van der Waals surface area contributed by atoms with Crippen molar-refractivity contribution in [3.63, 3.8) is 0 Å². The summed E-state index contributed by atoms with van der Waals surface area (Å²) in [5, 5.41) is 7.68. The van der Waals surface area contributed by atoms with Crippen LogP contribution in [0.3, 0.4) is 0 Å². The van der Waals surface area contributed by atoms with E-state index in [9.17, 15) is 0 Å². The summed E-state index contributed by atoms with van der Waals surface area (Å²) in [6, 6.07) is 11.1. The zero-order valence-electron chi connectivity index (χ0n) is 12.8. The normalized spacial score (nSPS) is 28.3. The first kappa shape index (κ1) is 14.8. The van der Waals surface area contributed by atoms with Crippen LogP contribution < -0.4 is 10.6 Å². The summed E-state index contributed by atoms with van der Waals surface area (Å²) in [7, 11) is 0. The smallest absolute Gasteiger partial charge is 0.166 e. The third kappa shape index (κ3) is 3.76. The lowest BCUT2D eigenvalue weighted by Gasteiger charge is -2.29. The molecule has 4 atom stereocenters. The fourth-order valence-electron chi connectivity index (χ4n) is 4.24. The van der Waals surface area contributed by atoms with Crippen molar-refractivity contribution in [3.8, 4) is 0 Å². The van der Waals surface area contributed by atoms with Gasteiger partial charge in [-0.1, -0.05) is 36.8 Å². The molecular formula is C18H26N2S. The van der Waals surface area contributed by atoms with E-state index >= 15 is 0 Å². The minimum Gasteiger partial charge on any atom is -0.362 e. The average molecular weight is 302 g/mol. The first-order chi connectivity index (χ1) is 10.2. The fraction of sp³-hybridized carbons (Fsp3) is 0.611. The molecule has 0 heterocycles. The number of fused-ring (bicyclic) bond motifs is 2. The third-order valence-corrected chi connectivity index (χ3v) is 5.60. The van der Waals surface area contributed by atoms with Gasteiger partial charge in [0.2, 0.25) is 0 Å². The Hall–Kier alpha value is -1.09. The molecule has 0 spiro atoms. The highest BCUT2D eigenvalue weighted by atomic mass is 32.1. The van der Waals surface area contributed by atoms with Gasteiger partial charge in [-0.2, -0.15) is 0 Å². The highest BCUT2D eigenvalue weighted by molar-refractivity contribution is 7.80. The second-order valence-corrected chi connectivity index (χ2v) is 7.17. The monoisotopic (exact) mass is 302 g/mol. The van der Waals surface area contributed by atoms with Crippen LogP contribution in [-0.4, -0.2) is 17.7 Å². The minimum absolute atomic E-state index is 0.511.